The predicted octanol–water partition coefficient (Wildman–Crippen LogP) is -0.853. The standard InChI is InChI=1S/C6H6O.C2H6O4Si.Na.H/c7-6-4-2-1-3-5-6;3-1-2-6-7(4)5;;/h1-5,7H;3-4H,1-2H2;;. The normalized spacial score (nSPS) is 7.80. The van der Waals surface area contributed by atoms with Gasteiger partial charge in [0.05, 0.1) is 13.2 Å². The summed E-state index contributed by atoms with van der Waals surface area (Å²) in [4.78, 5) is 7.90. The Balaban J connectivity index is 0. The van der Waals surface area contributed by atoms with Crippen molar-refractivity contribution in [2.45, 2.75) is 0 Å². The molecule has 0 aliphatic heterocycles. The third-order valence-electron chi connectivity index (χ3n) is 1.07. The first-order chi connectivity index (χ1) is 6.66. The van der Waals surface area contributed by atoms with Crippen LogP contribution in [0, 0.1) is 0 Å². The van der Waals surface area contributed by atoms with E-state index >= 15 is 0 Å². The average Bonchev–Trinajstić information content (AvgIpc) is 2.17. The van der Waals surface area contributed by atoms with Crippen LogP contribution in [0.15, 0.2) is 30.3 Å². The van der Waals surface area contributed by atoms with E-state index in [9.17, 15) is 4.46 Å². The van der Waals surface area contributed by atoms with Crippen molar-refractivity contribution in [3.05, 3.63) is 30.3 Å². The number of para-hydroxylation sites is 1. The Morgan fingerprint density at radius 3 is 2.00 bits per heavy atom. The number of rotatable bonds is 3. The fourth-order valence-corrected chi connectivity index (χ4v) is 0.827. The fraction of sp³-hybridized carbons (Fsp3) is 0.250. The van der Waals surface area contributed by atoms with Crippen LogP contribution in [0.2, 0.25) is 0 Å². The van der Waals surface area contributed by atoms with Crippen LogP contribution in [0.5, 0.6) is 5.75 Å². The molecule has 1 rings (SSSR count). The van der Waals surface area contributed by atoms with Crippen molar-refractivity contribution in [1.29, 1.82) is 0 Å². The number of phenols is 1. The van der Waals surface area contributed by atoms with E-state index in [1.807, 2.05) is 6.07 Å². The van der Waals surface area contributed by atoms with Crippen LogP contribution in [0.1, 0.15) is 0 Å². The Labute approximate surface area is 112 Å². The van der Waals surface area contributed by atoms with Gasteiger partial charge >= 0.3 is 38.7 Å². The molecule has 15 heavy (non-hydrogen) atoms. The van der Waals surface area contributed by atoms with E-state index in [2.05, 4.69) is 4.43 Å². The molecule has 5 nitrogen and oxygen atoms in total. The van der Waals surface area contributed by atoms with E-state index in [1.54, 1.807) is 24.3 Å². The third-order valence-corrected chi connectivity index (χ3v) is 1.52. The molecule has 0 saturated carbocycles. The Hall–Kier alpha value is -0.403. The zero-order valence-corrected chi connectivity index (χ0v) is 8.46. The second-order valence-corrected chi connectivity index (χ2v) is 2.99. The zero-order chi connectivity index (χ0) is 10.8. The minimum atomic E-state index is -2.81. The first-order valence-corrected chi connectivity index (χ1v) is 5.13. The van der Waals surface area contributed by atoms with Crippen molar-refractivity contribution >= 4 is 38.7 Å². The molecule has 1 aromatic carbocycles. The summed E-state index contributed by atoms with van der Waals surface area (Å²) in [5, 5.41) is 16.6. The first kappa shape index (κ1) is 17.0. The van der Waals surface area contributed by atoms with E-state index in [0.717, 1.165) is 0 Å². The van der Waals surface area contributed by atoms with Crippen LogP contribution in [-0.2, 0) is 8.89 Å². The molecule has 3 N–H and O–H groups in total. The summed E-state index contributed by atoms with van der Waals surface area (Å²) in [6, 6.07) is 8.71. The molecule has 0 unspecified atom stereocenters. The second kappa shape index (κ2) is 11.7. The molecule has 0 spiro atoms. The number of aliphatic hydroxyl groups is 1. The van der Waals surface area contributed by atoms with Gasteiger partial charge in [-0.1, -0.05) is 18.2 Å². The van der Waals surface area contributed by atoms with E-state index < -0.39 is 9.17 Å². The molecule has 7 heteroatoms. The monoisotopic (exact) mass is 240 g/mol. The van der Waals surface area contributed by atoms with Gasteiger partial charge in [-0.05, 0) is 12.1 Å². The maximum absolute atomic E-state index is 9.61. The Morgan fingerprint density at radius 1 is 1.27 bits per heavy atom. The molecule has 1 aromatic rings. The van der Waals surface area contributed by atoms with Gasteiger partial charge < -0.3 is 19.4 Å². The van der Waals surface area contributed by atoms with Crippen LogP contribution in [0.4, 0.5) is 0 Å². The van der Waals surface area contributed by atoms with Crippen molar-refractivity contribution in [1.82, 2.24) is 0 Å². The predicted molar refractivity (Wildman–Crippen MR) is 57.0 cm³/mol. The number of hydrogen-bond donors (Lipinski definition) is 3. The minimum absolute atomic E-state index is 0. The van der Waals surface area contributed by atoms with Crippen molar-refractivity contribution in [2.75, 3.05) is 13.2 Å². The maximum atomic E-state index is 9.61. The fourth-order valence-electron chi connectivity index (χ4n) is 0.561. The Morgan fingerprint density at radius 2 is 1.80 bits per heavy atom. The quantitative estimate of drug-likeness (QED) is 0.599. The van der Waals surface area contributed by atoms with Gasteiger partial charge in [0, 0.05) is 0 Å². The molecular formula is C8H13NaO5Si. The number of aliphatic hydroxyl groups excluding tert-OH is 1. The summed E-state index contributed by atoms with van der Waals surface area (Å²) in [7, 11) is -2.81. The summed E-state index contributed by atoms with van der Waals surface area (Å²) in [5.74, 6) is 0.322. The van der Waals surface area contributed by atoms with Gasteiger partial charge in [0.1, 0.15) is 5.75 Å². The molecule has 0 aromatic heterocycles. The first-order valence-electron chi connectivity index (χ1n) is 3.87. The molecule has 0 heterocycles. The van der Waals surface area contributed by atoms with E-state index in [0.29, 0.717) is 5.75 Å². The van der Waals surface area contributed by atoms with Gasteiger partial charge in [-0.15, -0.1) is 0 Å². The van der Waals surface area contributed by atoms with Crippen LogP contribution in [-0.4, -0.2) is 67.0 Å². The van der Waals surface area contributed by atoms with Crippen molar-refractivity contribution < 1.29 is 23.9 Å². The zero-order valence-electron chi connectivity index (χ0n) is 7.46. The molecule has 0 saturated heterocycles. The van der Waals surface area contributed by atoms with Gasteiger partial charge in [-0.2, -0.15) is 0 Å². The molecule has 0 radical (unpaired) electrons. The number of phenolic OH excluding ortho intramolecular Hbond substituents is 1. The molecule has 0 fully saturated rings. The van der Waals surface area contributed by atoms with Crippen molar-refractivity contribution in [2.24, 2.45) is 0 Å². The molecule has 80 valence electrons. The molecule has 0 aliphatic carbocycles. The molecule has 0 atom stereocenters. The third kappa shape index (κ3) is 13.6. The van der Waals surface area contributed by atoms with Crippen molar-refractivity contribution in [3.8, 4) is 5.75 Å². The van der Waals surface area contributed by atoms with Gasteiger partial charge in [0.25, 0.3) is 0 Å². The Kier molecular flexibility index (Phi) is 13.2. The second-order valence-electron chi connectivity index (χ2n) is 2.17. The van der Waals surface area contributed by atoms with Crippen molar-refractivity contribution in [3.63, 3.8) is 0 Å². The molecule has 0 aliphatic rings. The summed E-state index contributed by atoms with van der Waals surface area (Å²) < 4.78 is 13.7. The molecule has 0 amide bonds. The summed E-state index contributed by atoms with van der Waals surface area (Å²) in [6.07, 6.45) is 0. The molecule has 0 bridgehead atoms. The Bertz CT molecular complexity index is 256. The summed E-state index contributed by atoms with van der Waals surface area (Å²) in [6.45, 7) is -0.273. The van der Waals surface area contributed by atoms with Gasteiger partial charge in [-0.25, -0.2) is 0 Å². The number of hydrogen-bond acceptors (Lipinski definition) is 4. The van der Waals surface area contributed by atoms with Crippen LogP contribution in [0.25, 0.3) is 0 Å². The van der Waals surface area contributed by atoms with Crippen LogP contribution in [0.3, 0.4) is 0 Å². The summed E-state index contributed by atoms with van der Waals surface area (Å²) in [5.41, 5.74) is 0. The summed E-state index contributed by atoms with van der Waals surface area (Å²) >= 11 is 0. The molecular weight excluding hydrogens is 227 g/mol. The topological polar surface area (TPSA) is 87.0 Å². The van der Waals surface area contributed by atoms with Gasteiger partial charge in [-0.3, -0.25) is 4.46 Å². The van der Waals surface area contributed by atoms with E-state index in [1.165, 1.54) is 0 Å². The van der Waals surface area contributed by atoms with Gasteiger partial charge in [0.2, 0.25) is 0 Å². The average molecular weight is 240 g/mol. The van der Waals surface area contributed by atoms with Gasteiger partial charge in [0.15, 0.2) is 0 Å². The number of benzene rings is 1. The SMILES string of the molecule is O=[Si](O)OCCO.Oc1ccccc1.[NaH]. The number of aromatic hydroxyl groups is 1. The van der Waals surface area contributed by atoms with E-state index in [4.69, 9.17) is 15.0 Å². The van der Waals surface area contributed by atoms with Crippen LogP contribution < -0.4 is 0 Å². The van der Waals surface area contributed by atoms with E-state index in [-0.39, 0.29) is 42.8 Å². The van der Waals surface area contributed by atoms with Crippen LogP contribution >= 0.6 is 0 Å².